The predicted molar refractivity (Wildman–Crippen MR) is 84.5 cm³/mol. The molecule has 1 unspecified atom stereocenters. The number of carbonyl (C=O) groups excluding carboxylic acids is 1. The zero-order valence-corrected chi connectivity index (χ0v) is 13.9. The van der Waals surface area contributed by atoms with Crippen LogP contribution in [0.1, 0.15) is 6.92 Å². The summed E-state index contributed by atoms with van der Waals surface area (Å²) < 4.78 is 11.0. The number of fused-ring (bicyclic) bond motifs is 1. The molecule has 106 valence electrons. The average Bonchev–Trinajstić information content (AvgIpc) is 2.38. The number of carbonyl (C=O) groups is 1. The largest absolute Gasteiger partial charge is 0.465 e. The Bertz CT molecular complexity index is 678. The van der Waals surface area contributed by atoms with E-state index in [0.717, 1.165) is 15.4 Å². The van der Waals surface area contributed by atoms with Gasteiger partial charge in [0.25, 0.3) is 0 Å². The minimum Gasteiger partial charge on any atom is -0.465 e. The molecule has 1 atom stereocenters. The van der Waals surface area contributed by atoms with Crippen molar-refractivity contribution in [2.45, 2.75) is 11.9 Å². The van der Waals surface area contributed by atoms with Crippen molar-refractivity contribution in [1.29, 1.82) is 0 Å². The first kappa shape index (κ1) is 15.4. The highest BCUT2D eigenvalue weighted by Gasteiger charge is 2.33. The second kappa shape index (κ2) is 5.79. The molecule has 0 radical (unpaired) electrons. The molecule has 0 saturated heterocycles. The van der Waals surface area contributed by atoms with Crippen molar-refractivity contribution in [2.75, 3.05) is 7.11 Å². The van der Waals surface area contributed by atoms with Crippen LogP contribution in [0, 0.1) is 0 Å². The number of methoxy groups -OCH3 is 1. The van der Waals surface area contributed by atoms with Gasteiger partial charge in [-0.05, 0) is 41.1 Å². The molecule has 0 bridgehead atoms. The molecule has 4 nitrogen and oxygen atoms in total. The number of aromatic nitrogens is 1. The lowest BCUT2D eigenvalue weighted by molar-refractivity contribution is -0.150. The molecular formula is C13H11BrClNO3S. The normalized spacial score (nSPS) is 13.8. The number of hydrogen-bond acceptors (Lipinski definition) is 5. The molecule has 0 saturated carbocycles. The molecular weight excluding hydrogens is 366 g/mol. The minimum atomic E-state index is -1.43. The number of benzene rings is 1. The zero-order valence-electron chi connectivity index (χ0n) is 10.7. The van der Waals surface area contributed by atoms with E-state index in [4.69, 9.17) is 16.3 Å². The highest BCUT2D eigenvalue weighted by atomic mass is 79.9. The van der Waals surface area contributed by atoms with E-state index in [1.54, 1.807) is 18.3 Å². The summed E-state index contributed by atoms with van der Waals surface area (Å²) in [6.45, 7) is 1.49. The molecule has 0 fully saturated rings. The Morgan fingerprint density at radius 1 is 1.45 bits per heavy atom. The van der Waals surface area contributed by atoms with Gasteiger partial charge < -0.3 is 9.47 Å². The fourth-order valence-corrected chi connectivity index (χ4v) is 2.36. The molecule has 0 aliphatic heterocycles. The summed E-state index contributed by atoms with van der Waals surface area (Å²) >= 11 is 13.6. The second-order valence-electron chi connectivity index (χ2n) is 4.21. The van der Waals surface area contributed by atoms with Gasteiger partial charge in [-0.15, -0.1) is 12.6 Å². The molecule has 7 heteroatoms. The van der Waals surface area contributed by atoms with Crippen LogP contribution in [-0.4, -0.2) is 23.0 Å². The van der Waals surface area contributed by atoms with E-state index in [9.17, 15) is 4.79 Å². The molecule has 2 aromatic rings. The Hall–Kier alpha value is -0.980. The van der Waals surface area contributed by atoms with Crippen LogP contribution in [0.4, 0.5) is 0 Å². The molecule has 0 N–H and O–H groups in total. The van der Waals surface area contributed by atoms with Gasteiger partial charge >= 0.3 is 5.97 Å². The molecule has 1 heterocycles. The lowest BCUT2D eigenvalue weighted by Gasteiger charge is -2.23. The molecule has 1 aromatic carbocycles. The molecule has 0 spiro atoms. The third kappa shape index (κ3) is 3.19. The van der Waals surface area contributed by atoms with Gasteiger partial charge in [0.1, 0.15) is 5.75 Å². The first-order valence-electron chi connectivity index (χ1n) is 5.58. The molecule has 20 heavy (non-hydrogen) atoms. The Morgan fingerprint density at radius 3 is 2.80 bits per heavy atom. The van der Waals surface area contributed by atoms with Crippen molar-refractivity contribution >= 4 is 57.0 Å². The summed E-state index contributed by atoms with van der Waals surface area (Å²) in [6.07, 6.45) is 1.68. The summed E-state index contributed by atoms with van der Waals surface area (Å²) in [7, 11) is 1.27. The third-order valence-electron chi connectivity index (χ3n) is 2.57. The summed E-state index contributed by atoms with van der Waals surface area (Å²) in [5.74, 6) is -0.272. The summed E-state index contributed by atoms with van der Waals surface area (Å²) in [4.78, 5) is 14.4. The van der Waals surface area contributed by atoms with Gasteiger partial charge in [-0.2, -0.15) is 0 Å². The van der Waals surface area contributed by atoms with Crippen molar-refractivity contribution < 1.29 is 14.3 Å². The average molecular weight is 377 g/mol. The van der Waals surface area contributed by atoms with Crippen LogP contribution in [0.25, 0.3) is 10.9 Å². The molecule has 0 amide bonds. The lowest BCUT2D eigenvalue weighted by atomic mass is 10.2. The Balaban J connectivity index is 2.44. The Labute approximate surface area is 135 Å². The van der Waals surface area contributed by atoms with E-state index in [0.29, 0.717) is 10.8 Å². The molecule has 1 aromatic heterocycles. The second-order valence-corrected chi connectivity index (χ2v) is 6.38. The van der Waals surface area contributed by atoms with Crippen molar-refractivity contribution in [3.8, 4) is 5.75 Å². The maximum atomic E-state index is 11.6. The highest BCUT2D eigenvalue weighted by Crippen LogP contribution is 2.34. The van der Waals surface area contributed by atoms with E-state index >= 15 is 0 Å². The standard InChI is InChI=1S/C13H11BrClNO3S/c1-13(20,12(17)18-2)19-11-4-7-3-8(14)6-16-10(7)5-9(11)15/h3-6,20H,1-2H3. The van der Waals surface area contributed by atoms with E-state index < -0.39 is 10.9 Å². The third-order valence-corrected chi connectivity index (χ3v) is 3.58. The van der Waals surface area contributed by atoms with E-state index in [-0.39, 0.29) is 0 Å². The van der Waals surface area contributed by atoms with Crippen LogP contribution >= 0.6 is 40.2 Å². The predicted octanol–water partition coefficient (Wildman–Crippen LogP) is 3.85. The minimum absolute atomic E-state index is 0.335. The fourth-order valence-electron chi connectivity index (χ4n) is 1.63. The quantitative estimate of drug-likeness (QED) is 0.502. The van der Waals surface area contributed by atoms with Gasteiger partial charge in [-0.25, -0.2) is 4.79 Å². The number of hydrogen-bond donors (Lipinski definition) is 1. The Kier molecular flexibility index (Phi) is 4.46. The smallest absolute Gasteiger partial charge is 0.360 e. The van der Waals surface area contributed by atoms with Gasteiger partial charge in [0, 0.05) is 16.1 Å². The van der Waals surface area contributed by atoms with Crippen molar-refractivity contribution in [3.05, 3.63) is 33.9 Å². The first-order chi connectivity index (χ1) is 9.33. The number of halogens is 2. The SMILES string of the molecule is COC(=O)C(C)(S)Oc1cc2cc(Br)cnc2cc1Cl. The lowest BCUT2D eigenvalue weighted by Crippen LogP contribution is -2.36. The van der Waals surface area contributed by atoms with Gasteiger partial charge in [-0.3, -0.25) is 4.98 Å². The summed E-state index contributed by atoms with van der Waals surface area (Å²) in [6, 6.07) is 5.24. The van der Waals surface area contributed by atoms with Crippen molar-refractivity contribution in [2.24, 2.45) is 0 Å². The van der Waals surface area contributed by atoms with Gasteiger partial charge in [0.05, 0.1) is 17.6 Å². The van der Waals surface area contributed by atoms with Crippen LogP contribution in [0.3, 0.4) is 0 Å². The zero-order chi connectivity index (χ0) is 14.9. The molecule has 2 rings (SSSR count). The number of nitrogens with zero attached hydrogens (tertiary/aromatic N) is 1. The van der Waals surface area contributed by atoms with Crippen LogP contribution in [0.2, 0.25) is 5.02 Å². The van der Waals surface area contributed by atoms with Crippen LogP contribution in [0.5, 0.6) is 5.75 Å². The van der Waals surface area contributed by atoms with Crippen molar-refractivity contribution in [1.82, 2.24) is 4.98 Å². The van der Waals surface area contributed by atoms with Crippen LogP contribution in [0.15, 0.2) is 28.9 Å². The maximum Gasteiger partial charge on any atom is 0.360 e. The van der Waals surface area contributed by atoms with E-state index in [1.165, 1.54) is 14.0 Å². The number of rotatable bonds is 3. The Morgan fingerprint density at radius 2 is 2.15 bits per heavy atom. The van der Waals surface area contributed by atoms with E-state index in [2.05, 4.69) is 38.3 Å². The van der Waals surface area contributed by atoms with Gasteiger partial charge in [0.15, 0.2) is 0 Å². The number of thiol groups is 1. The van der Waals surface area contributed by atoms with Crippen LogP contribution < -0.4 is 4.74 Å². The molecule has 0 aliphatic carbocycles. The van der Waals surface area contributed by atoms with Gasteiger partial charge in [-0.1, -0.05) is 11.6 Å². The number of ether oxygens (including phenoxy) is 2. The van der Waals surface area contributed by atoms with Crippen molar-refractivity contribution in [3.63, 3.8) is 0 Å². The first-order valence-corrected chi connectivity index (χ1v) is 7.20. The fraction of sp³-hybridized carbons (Fsp3) is 0.231. The highest BCUT2D eigenvalue weighted by molar-refractivity contribution is 9.10. The summed E-state index contributed by atoms with van der Waals surface area (Å²) in [5, 5.41) is 1.17. The maximum absolute atomic E-state index is 11.6. The van der Waals surface area contributed by atoms with Crippen LogP contribution in [-0.2, 0) is 9.53 Å². The van der Waals surface area contributed by atoms with E-state index in [1.807, 2.05) is 6.07 Å². The summed E-state index contributed by atoms with van der Waals surface area (Å²) in [5.41, 5.74) is 0.726. The van der Waals surface area contributed by atoms with Gasteiger partial charge in [0.2, 0.25) is 4.93 Å². The topological polar surface area (TPSA) is 48.4 Å². The molecule has 0 aliphatic rings. The number of esters is 1. The number of pyridine rings is 1. The monoisotopic (exact) mass is 375 g/mol.